The lowest BCUT2D eigenvalue weighted by atomic mass is 10.1. The molecule has 3 rings (SSSR count). The monoisotopic (exact) mass is 412 g/mol. The largest absolute Gasteiger partial charge is 0.468 e. The minimum Gasteiger partial charge on any atom is -0.468 e. The summed E-state index contributed by atoms with van der Waals surface area (Å²) in [6.07, 6.45) is 1.48. The number of esters is 1. The highest BCUT2D eigenvalue weighted by Crippen LogP contribution is 2.12. The first-order valence-electron chi connectivity index (χ1n) is 9.62. The van der Waals surface area contributed by atoms with E-state index in [1.54, 1.807) is 23.1 Å². The summed E-state index contributed by atoms with van der Waals surface area (Å²) in [7, 11) is 1.30. The van der Waals surface area contributed by atoms with Crippen LogP contribution < -0.4 is 5.32 Å². The van der Waals surface area contributed by atoms with E-state index in [-0.39, 0.29) is 18.0 Å². The summed E-state index contributed by atoms with van der Waals surface area (Å²) in [4.78, 5) is 54.8. The number of Topliss-reactive ketones (excluding diaryl/α,β-unsaturated/α-hetero) is 1. The van der Waals surface area contributed by atoms with Crippen LogP contribution in [0.4, 0.5) is 0 Å². The van der Waals surface area contributed by atoms with Crippen molar-refractivity contribution in [1.82, 2.24) is 20.1 Å². The first-order chi connectivity index (χ1) is 14.5. The summed E-state index contributed by atoms with van der Waals surface area (Å²) in [5.74, 6) is -1.66. The van der Waals surface area contributed by atoms with Crippen molar-refractivity contribution in [3.05, 3.63) is 59.4 Å². The summed E-state index contributed by atoms with van der Waals surface area (Å²) in [5, 5.41) is 2.88. The number of hydrogen-bond donors (Lipinski definition) is 2. The second-order valence-corrected chi connectivity index (χ2v) is 6.87. The molecule has 0 aliphatic carbocycles. The van der Waals surface area contributed by atoms with Crippen LogP contribution in [-0.2, 0) is 20.9 Å². The lowest BCUT2D eigenvalue weighted by Crippen LogP contribution is -2.52. The van der Waals surface area contributed by atoms with Crippen LogP contribution in [-0.4, -0.2) is 78.2 Å². The predicted octanol–water partition coefficient (Wildman–Crippen LogP) is 0.445. The van der Waals surface area contributed by atoms with Crippen molar-refractivity contribution >= 4 is 23.6 Å². The van der Waals surface area contributed by atoms with Crippen LogP contribution in [0.5, 0.6) is 0 Å². The fourth-order valence-corrected chi connectivity index (χ4v) is 3.19. The Balaban J connectivity index is 1.51. The van der Waals surface area contributed by atoms with Crippen molar-refractivity contribution < 1.29 is 23.9 Å². The van der Waals surface area contributed by atoms with Crippen LogP contribution in [0.1, 0.15) is 26.4 Å². The van der Waals surface area contributed by atoms with Gasteiger partial charge < -0.3 is 24.8 Å². The smallest absolute Gasteiger partial charge is 0.319 e. The topological polar surface area (TPSA) is 112 Å². The summed E-state index contributed by atoms with van der Waals surface area (Å²) in [6, 6.07) is 10.6. The molecule has 9 heteroatoms. The van der Waals surface area contributed by atoms with Gasteiger partial charge in [0.1, 0.15) is 0 Å². The van der Waals surface area contributed by atoms with Crippen molar-refractivity contribution in [3.63, 3.8) is 0 Å². The van der Waals surface area contributed by atoms with Crippen molar-refractivity contribution in [2.45, 2.75) is 6.54 Å². The molecule has 0 spiro atoms. The van der Waals surface area contributed by atoms with Crippen LogP contribution in [0, 0.1) is 0 Å². The second-order valence-electron chi connectivity index (χ2n) is 6.87. The number of ketones is 1. The zero-order valence-corrected chi connectivity index (χ0v) is 16.7. The van der Waals surface area contributed by atoms with Crippen LogP contribution in [0.25, 0.3) is 0 Å². The Labute approximate surface area is 174 Å². The fourth-order valence-electron chi connectivity index (χ4n) is 3.19. The number of aromatic amines is 1. The SMILES string of the molecule is COC(=O)CNCc1cc(C(=O)C(=O)N2CCN(C(=O)c3ccccc3)CC2)c[nH]1. The Hall–Kier alpha value is -3.46. The number of ether oxygens (including phenoxy) is 1. The van der Waals surface area contributed by atoms with Crippen LogP contribution in [0.15, 0.2) is 42.6 Å². The van der Waals surface area contributed by atoms with Gasteiger partial charge in [-0.25, -0.2) is 0 Å². The number of hydrogen-bond acceptors (Lipinski definition) is 6. The third kappa shape index (κ3) is 5.12. The van der Waals surface area contributed by atoms with Crippen LogP contribution in [0.3, 0.4) is 0 Å². The first kappa shape index (κ1) is 21.3. The molecule has 1 aromatic heterocycles. The maximum absolute atomic E-state index is 12.6. The van der Waals surface area contributed by atoms with Crippen molar-refractivity contribution in [2.24, 2.45) is 0 Å². The summed E-state index contributed by atoms with van der Waals surface area (Å²) >= 11 is 0. The van der Waals surface area contributed by atoms with Gasteiger partial charge in [0.05, 0.1) is 13.7 Å². The molecule has 2 heterocycles. The van der Waals surface area contributed by atoms with E-state index in [0.29, 0.717) is 44.0 Å². The molecule has 0 radical (unpaired) electrons. The van der Waals surface area contributed by atoms with E-state index < -0.39 is 17.7 Å². The summed E-state index contributed by atoms with van der Waals surface area (Å²) in [6.45, 7) is 1.74. The highest BCUT2D eigenvalue weighted by atomic mass is 16.5. The lowest BCUT2D eigenvalue weighted by Gasteiger charge is -2.34. The van der Waals surface area contributed by atoms with Gasteiger partial charge in [-0.05, 0) is 18.2 Å². The van der Waals surface area contributed by atoms with E-state index in [9.17, 15) is 19.2 Å². The zero-order valence-electron chi connectivity index (χ0n) is 16.7. The van der Waals surface area contributed by atoms with Crippen LogP contribution in [0.2, 0.25) is 0 Å². The lowest BCUT2D eigenvalue weighted by molar-refractivity contribution is -0.139. The van der Waals surface area contributed by atoms with Gasteiger partial charge in [-0.2, -0.15) is 0 Å². The quantitative estimate of drug-likeness (QED) is 0.388. The number of H-pyrrole nitrogens is 1. The molecule has 1 aliphatic heterocycles. The standard InChI is InChI=1S/C21H24N4O5/c1-30-18(26)14-22-13-17-11-16(12-23-17)19(27)21(29)25-9-7-24(8-10-25)20(28)15-5-3-2-4-6-15/h2-6,11-12,22-23H,7-10,13-14H2,1H3. The number of carbonyl (C=O) groups excluding carboxylic acids is 4. The van der Waals surface area contributed by atoms with Crippen molar-refractivity contribution in [2.75, 3.05) is 39.8 Å². The van der Waals surface area contributed by atoms with Gasteiger partial charge in [0, 0.05) is 55.7 Å². The van der Waals surface area contributed by atoms with E-state index in [1.807, 2.05) is 18.2 Å². The Kier molecular flexibility index (Phi) is 6.97. The van der Waals surface area contributed by atoms with E-state index in [0.717, 1.165) is 0 Å². The molecule has 158 valence electrons. The van der Waals surface area contributed by atoms with E-state index in [2.05, 4.69) is 15.0 Å². The van der Waals surface area contributed by atoms with Gasteiger partial charge in [0.2, 0.25) is 0 Å². The Morgan fingerprint density at radius 3 is 2.33 bits per heavy atom. The number of amides is 2. The fraction of sp³-hybridized carbons (Fsp3) is 0.333. The molecule has 1 aromatic carbocycles. The molecule has 1 fully saturated rings. The average Bonchev–Trinajstić information content (AvgIpc) is 3.27. The van der Waals surface area contributed by atoms with Crippen molar-refractivity contribution in [3.8, 4) is 0 Å². The Bertz CT molecular complexity index is 916. The van der Waals surface area contributed by atoms with Crippen molar-refractivity contribution in [1.29, 1.82) is 0 Å². The van der Waals surface area contributed by atoms with Gasteiger partial charge in [-0.1, -0.05) is 18.2 Å². The normalized spacial score (nSPS) is 13.8. The molecule has 0 bridgehead atoms. The molecule has 2 aromatic rings. The number of nitrogens with one attached hydrogen (secondary N) is 2. The van der Waals surface area contributed by atoms with Gasteiger partial charge in [-0.15, -0.1) is 0 Å². The van der Waals surface area contributed by atoms with E-state index >= 15 is 0 Å². The molecule has 0 unspecified atom stereocenters. The van der Waals surface area contributed by atoms with E-state index in [1.165, 1.54) is 18.2 Å². The van der Waals surface area contributed by atoms with Gasteiger partial charge in [0.25, 0.3) is 17.6 Å². The van der Waals surface area contributed by atoms with Gasteiger partial charge in [-0.3, -0.25) is 19.2 Å². The van der Waals surface area contributed by atoms with Gasteiger partial charge in [0.15, 0.2) is 0 Å². The molecular formula is C21H24N4O5. The molecule has 30 heavy (non-hydrogen) atoms. The number of aromatic nitrogens is 1. The maximum atomic E-state index is 12.6. The second kappa shape index (κ2) is 9.84. The van der Waals surface area contributed by atoms with Gasteiger partial charge >= 0.3 is 5.97 Å². The molecule has 0 saturated carbocycles. The molecule has 2 N–H and O–H groups in total. The molecule has 1 saturated heterocycles. The number of benzene rings is 1. The number of nitrogens with zero attached hydrogens (tertiary/aromatic N) is 2. The average molecular weight is 412 g/mol. The number of carbonyl (C=O) groups is 4. The third-order valence-electron chi connectivity index (χ3n) is 4.89. The molecule has 2 amide bonds. The predicted molar refractivity (Wildman–Crippen MR) is 108 cm³/mol. The summed E-state index contributed by atoms with van der Waals surface area (Å²) < 4.78 is 4.54. The number of methoxy groups -OCH3 is 1. The molecular weight excluding hydrogens is 388 g/mol. The Morgan fingerprint density at radius 2 is 1.67 bits per heavy atom. The molecule has 9 nitrogen and oxygen atoms in total. The maximum Gasteiger partial charge on any atom is 0.319 e. The minimum absolute atomic E-state index is 0.0453. The molecule has 1 aliphatic rings. The molecule has 0 atom stereocenters. The number of rotatable bonds is 7. The zero-order chi connectivity index (χ0) is 21.5. The van der Waals surface area contributed by atoms with E-state index in [4.69, 9.17) is 0 Å². The number of piperazine rings is 1. The highest BCUT2D eigenvalue weighted by Gasteiger charge is 2.29. The first-order valence-corrected chi connectivity index (χ1v) is 9.62. The third-order valence-corrected chi connectivity index (χ3v) is 4.89. The minimum atomic E-state index is -0.603. The van der Waals surface area contributed by atoms with Crippen LogP contribution >= 0.6 is 0 Å². The highest BCUT2D eigenvalue weighted by molar-refractivity contribution is 6.42. The Morgan fingerprint density at radius 1 is 1.00 bits per heavy atom. The summed E-state index contributed by atoms with van der Waals surface area (Å²) in [5.41, 5.74) is 1.54.